The molecule has 0 aromatic heterocycles. The highest BCUT2D eigenvalue weighted by atomic mass is 16.6. The number of nitro benzene ring substituents is 1. The minimum Gasteiger partial charge on any atom is -0.493 e. The van der Waals surface area contributed by atoms with Crippen molar-refractivity contribution in [3.05, 3.63) is 57.6 Å². The molecule has 0 unspecified atom stereocenters. The zero-order chi connectivity index (χ0) is 23.0. The Hall–Kier alpha value is -3.66. The van der Waals surface area contributed by atoms with Gasteiger partial charge in [0.15, 0.2) is 11.5 Å². The van der Waals surface area contributed by atoms with E-state index in [1.807, 2.05) is 6.07 Å². The molecule has 0 fully saturated rings. The summed E-state index contributed by atoms with van der Waals surface area (Å²) in [7, 11) is 4.55. The van der Waals surface area contributed by atoms with E-state index in [0.29, 0.717) is 12.2 Å². The molecule has 10 nitrogen and oxygen atoms in total. The van der Waals surface area contributed by atoms with Gasteiger partial charge in [-0.15, -0.1) is 0 Å². The van der Waals surface area contributed by atoms with E-state index in [4.69, 9.17) is 14.2 Å². The summed E-state index contributed by atoms with van der Waals surface area (Å²) in [5.74, 6) is -0.448. The van der Waals surface area contributed by atoms with Gasteiger partial charge in [0.2, 0.25) is 5.91 Å². The lowest BCUT2D eigenvalue weighted by Crippen LogP contribution is -2.23. The normalized spacial score (nSPS) is 10.3. The molecule has 1 N–H and O–H groups in total. The molecule has 0 aliphatic rings. The van der Waals surface area contributed by atoms with Gasteiger partial charge >= 0.3 is 0 Å². The van der Waals surface area contributed by atoms with Gasteiger partial charge in [-0.25, -0.2) is 0 Å². The number of nitrogens with one attached hydrogen (secondary N) is 1. The highest BCUT2D eigenvalue weighted by Crippen LogP contribution is 2.35. The quantitative estimate of drug-likeness (QED) is 0.349. The Balaban J connectivity index is 2.30. The molecule has 2 rings (SSSR count). The Morgan fingerprint density at radius 1 is 1.13 bits per heavy atom. The van der Waals surface area contributed by atoms with Crippen LogP contribution in [0.15, 0.2) is 36.4 Å². The van der Waals surface area contributed by atoms with Crippen molar-refractivity contribution in [2.24, 2.45) is 0 Å². The van der Waals surface area contributed by atoms with Crippen molar-refractivity contribution < 1.29 is 28.7 Å². The highest BCUT2D eigenvalue weighted by molar-refractivity contribution is 6.07. The molecule has 0 aliphatic carbocycles. The summed E-state index contributed by atoms with van der Waals surface area (Å²) >= 11 is 0. The first-order valence-electron chi connectivity index (χ1n) is 9.37. The van der Waals surface area contributed by atoms with Crippen LogP contribution in [-0.2, 0) is 16.1 Å². The number of hydrogen-bond donors (Lipinski definition) is 1. The summed E-state index contributed by atoms with van der Waals surface area (Å²) in [6.45, 7) is 2.27. The summed E-state index contributed by atoms with van der Waals surface area (Å²) in [5.41, 5.74) is 0.642. The topological polar surface area (TPSA) is 120 Å². The number of rotatable bonds is 10. The van der Waals surface area contributed by atoms with Gasteiger partial charge in [0.25, 0.3) is 11.6 Å². The summed E-state index contributed by atoms with van der Waals surface area (Å²) in [4.78, 5) is 36.7. The lowest BCUT2D eigenvalue weighted by atomic mass is 10.1. The fraction of sp³-hybridized carbons (Fsp3) is 0.333. The fourth-order valence-electron chi connectivity index (χ4n) is 2.72. The SMILES string of the molecule is COCCOc1cc([N+](=O)[O-])c(C(=O)Nc2cccc(CN(C)C(C)=O)c2)cc1OC. The molecule has 0 atom stereocenters. The van der Waals surface area contributed by atoms with Gasteiger partial charge in [-0.3, -0.25) is 19.7 Å². The molecule has 0 saturated heterocycles. The summed E-state index contributed by atoms with van der Waals surface area (Å²) < 4.78 is 15.6. The Kier molecular flexibility index (Phi) is 8.33. The smallest absolute Gasteiger partial charge is 0.286 e. The number of benzene rings is 2. The largest absolute Gasteiger partial charge is 0.493 e. The second-order valence-corrected chi connectivity index (χ2v) is 6.65. The standard InChI is InChI=1S/C21H25N3O7/c1-14(25)23(2)13-15-6-5-7-16(10-15)22-21(26)17-11-19(30-4)20(31-9-8-29-3)12-18(17)24(27)28/h5-7,10-12H,8-9,13H2,1-4H3,(H,22,26). The van der Waals surface area contributed by atoms with Gasteiger partial charge in [0.05, 0.1) is 24.7 Å². The second-order valence-electron chi connectivity index (χ2n) is 6.65. The monoisotopic (exact) mass is 431 g/mol. The van der Waals surface area contributed by atoms with Gasteiger partial charge < -0.3 is 24.4 Å². The number of carbonyl (C=O) groups excluding carboxylic acids is 2. The van der Waals surface area contributed by atoms with Gasteiger partial charge in [-0.05, 0) is 17.7 Å². The predicted octanol–water partition coefficient (Wildman–Crippen LogP) is 2.86. The molecule has 2 amide bonds. The van der Waals surface area contributed by atoms with Crippen LogP contribution in [0.1, 0.15) is 22.8 Å². The lowest BCUT2D eigenvalue weighted by Gasteiger charge is -2.16. The average Bonchev–Trinajstić information content (AvgIpc) is 2.73. The Morgan fingerprint density at radius 3 is 2.48 bits per heavy atom. The molecule has 10 heteroatoms. The maximum absolute atomic E-state index is 12.8. The van der Waals surface area contributed by atoms with E-state index < -0.39 is 16.5 Å². The Bertz CT molecular complexity index is 962. The third-order valence-electron chi connectivity index (χ3n) is 4.41. The molecule has 0 aliphatic heterocycles. The minimum atomic E-state index is -0.675. The van der Waals surface area contributed by atoms with Crippen molar-refractivity contribution in [1.82, 2.24) is 4.90 Å². The van der Waals surface area contributed by atoms with Crippen LogP contribution in [0.3, 0.4) is 0 Å². The number of methoxy groups -OCH3 is 2. The lowest BCUT2D eigenvalue weighted by molar-refractivity contribution is -0.385. The van der Waals surface area contributed by atoms with E-state index in [1.165, 1.54) is 32.1 Å². The zero-order valence-corrected chi connectivity index (χ0v) is 17.8. The first kappa shape index (κ1) is 23.6. The number of anilines is 1. The molecule has 31 heavy (non-hydrogen) atoms. The number of nitro groups is 1. The van der Waals surface area contributed by atoms with Crippen molar-refractivity contribution in [2.45, 2.75) is 13.5 Å². The van der Waals surface area contributed by atoms with E-state index in [-0.39, 0.29) is 36.2 Å². The minimum absolute atomic E-state index is 0.0926. The summed E-state index contributed by atoms with van der Waals surface area (Å²) in [6.07, 6.45) is 0. The predicted molar refractivity (Wildman–Crippen MR) is 114 cm³/mol. The molecular weight excluding hydrogens is 406 g/mol. The highest BCUT2D eigenvalue weighted by Gasteiger charge is 2.25. The van der Waals surface area contributed by atoms with E-state index in [0.717, 1.165) is 11.6 Å². The Labute approximate surface area is 179 Å². The van der Waals surface area contributed by atoms with Gasteiger partial charge in [0, 0.05) is 39.4 Å². The second kappa shape index (κ2) is 10.9. The third kappa shape index (κ3) is 6.41. The number of carbonyl (C=O) groups is 2. The van der Waals surface area contributed by atoms with Crippen LogP contribution < -0.4 is 14.8 Å². The van der Waals surface area contributed by atoms with Crippen LogP contribution in [0, 0.1) is 10.1 Å². The van der Waals surface area contributed by atoms with E-state index in [2.05, 4.69) is 5.32 Å². The van der Waals surface area contributed by atoms with Crippen molar-refractivity contribution >= 4 is 23.2 Å². The van der Waals surface area contributed by atoms with E-state index in [1.54, 1.807) is 25.2 Å². The van der Waals surface area contributed by atoms with Crippen molar-refractivity contribution in [3.63, 3.8) is 0 Å². The van der Waals surface area contributed by atoms with Crippen molar-refractivity contribution in [3.8, 4) is 11.5 Å². The first-order chi connectivity index (χ1) is 14.8. The molecule has 166 valence electrons. The van der Waals surface area contributed by atoms with Crippen LogP contribution in [0.5, 0.6) is 11.5 Å². The zero-order valence-electron chi connectivity index (χ0n) is 17.8. The van der Waals surface area contributed by atoms with E-state index in [9.17, 15) is 19.7 Å². The molecule has 0 saturated carbocycles. The summed E-state index contributed by atoms with van der Waals surface area (Å²) in [6, 6.07) is 9.31. The van der Waals surface area contributed by atoms with Crippen LogP contribution in [0.2, 0.25) is 0 Å². The van der Waals surface area contributed by atoms with Crippen LogP contribution in [0.4, 0.5) is 11.4 Å². The van der Waals surface area contributed by atoms with Crippen molar-refractivity contribution in [1.29, 1.82) is 0 Å². The molecule has 0 heterocycles. The molecule has 0 bridgehead atoms. The van der Waals surface area contributed by atoms with Crippen molar-refractivity contribution in [2.75, 3.05) is 39.8 Å². The molecular formula is C21H25N3O7. The number of hydrogen-bond acceptors (Lipinski definition) is 7. The van der Waals surface area contributed by atoms with E-state index >= 15 is 0 Å². The van der Waals surface area contributed by atoms with Crippen LogP contribution in [-0.4, -0.2) is 56.1 Å². The van der Waals surface area contributed by atoms with Gasteiger partial charge in [0.1, 0.15) is 12.2 Å². The maximum Gasteiger partial charge on any atom is 0.286 e. The van der Waals surface area contributed by atoms with Crippen LogP contribution in [0.25, 0.3) is 0 Å². The average molecular weight is 431 g/mol. The number of ether oxygens (including phenoxy) is 3. The van der Waals surface area contributed by atoms with Gasteiger partial charge in [-0.1, -0.05) is 12.1 Å². The Morgan fingerprint density at radius 2 is 1.87 bits per heavy atom. The molecule has 0 spiro atoms. The molecule has 2 aromatic rings. The third-order valence-corrected chi connectivity index (χ3v) is 4.41. The number of amides is 2. The summed E-state index contributed by atoms with van der Waals surface area (Å²) in [5, 5.41) is 14.2. The fourth-order valence-corrected chi connectivity index (χ4v) is 2.72. The number of nitrogens with zero attached hydrogens (tertiary/aromatic N) is 2. The van der Waals surface area contributed by atoms with Crippen LogP contribution >= 0.6 is 0 Å². The molecule has 2 aromatic carbocycles. The van der Waals surface area contributed by atoms with Gasteiger partial charge in [-0.2, -0.15) is 0 Å². The maximum atomic E-state index is 12.8. The first-order valence-corrected chi connectivity index (χ1v) is 9.37. The molecule has 0 radical (unpaired) electrons.